The van der Waals surface area contributed by atoms with Crippen molar-refractivity contribution in [1.82, 2.24) is 4.98 Å². The monoisotopic (exact) mass is 395 g/mol. The quantitative estimate of drug-likeness (QED) is 0.702. The molecule has 0 fully saturated rings. The number of nitrogens with one attached hydrogen (secondary N) is 1. The van der Waals surface area contributed by atoms with Gasteiger partial charge in [-0.15, -0.1) is 11.3 Å². The molecule has 28 heavy (non-hydrogen) atoms. The van der Waals surface area contributed by atoms with Crippen molar-refractivity contribution < 1.29 is 14.0 Å². The number of thiazole rings is 1. The van der Waals surface area contributed by atoms with Crippen LogP contribution in [0.4, 0.5) is 15.1 Å². The van der Waals surface area contributed by atoms with Gasteiger partial charge in [-0.25, -0.2) is 9.37 Å². The van der Waals surface area contributed by atoms with Crippen LogP contribution in [-0.2, 0) is 16.0 Å². The maximum Gasteiger partial charge on any atom is 0.227 e. The standard InChI is InChI=1S/C21H18FN3O2S/c22-16-8-5-15(6-9-16)20-21(28-13-23-20)24-18(26)11-12-25-17-4-2-1-3-14(17)7-10-19(25)27/h1-6,8-9,13H,7,10-12H2,(H,24,26). The molecule has 1 aliphatic heterocycles. The molecule has 0 bridgehead atoms. The number of halogens is 1. The van der Waals surface area contributed by atoms with Crippen molar-refractivity contribution in [3.63, 3.8) is 0 Å². The summed E-state index contributed by atoms with van der Waals surface area (Å²) in [6, 6.07) is 13.8. The highest BCUT2D eigenvalue weighted by molar-refractivity contribution is 7.14. The Bertz CT molecular complexity index is 1020. The molecule has 2 aromatic carbocycles. The highest BCUT2D eigenvalue weighted by Crippen LogP contribution is 2.31. The third-order valence-corrected chi connectivity index (χ3v) is 5.43. The first-order valence-electron chi connectivity index (χ1n) is 8.99. The fourth-order valence-electron chi connectivity index (χ4n) is 3.29. The Balaban J connectivity index is 1.43. The van der Waals surface area contributed by atoms with E-state index in [-0.39, 0.29) is 24.1 Å². The van der Waals surface area contributed by atoms with Crippen molar-refractivity contribution in [2.75, 3.05) is 16.8 Å². The number of carbonyl (C=O) groups is 2. The number of amides is 2. The van der Waals surface area contributed by atoms with Crippen LogP contribution in [0.2, 0.25) is 0 Å². The first-order valence-corrected chi connectivity index (χ1v) is 9.87. The van der Waals surface area contributed by atoms with E-state index in [9.17, 15) is 14.0 Å². The topological polar surface area (TPSA) is 62.3 Å². The lowest BCUT2D eigenvalue weighted by molar-refractivity contribution is -0.119. The van der Waals surface area contributed by atoms with Gasteiger partial charge >= 0.3 is 0 Å². The van der Waals surface area contributed by atoms with Gasteiger partial charge < -0.3 is 10.2 Å². The highest BCUT2D eigenvalue weighted by Gasteiger charge is 2.24. The van der Waals surface area contributed by atoms with Crippen LogP contribution in [0, 0.1) is 5.82 Å². The zero-order chi connectivity index (χ0) is 19.5. The van der Waals surface area contributed by atoms with Crippen molar-refractivity contribution in [3.8, 4) is 11.3 Å². The van der Waals surface area contributed by atoms with E-state index in [0.717, 1.165) is 23.2 Å². The summed E-state index contributed by atoms with van der Waals surface area (Å²) in [5, 5.41) is 3.48. The number of nitrogens with zero attached hydrogens (tertiary/aromatic N) is 2. The number of aryl methyl sites for hydroxylation is 1. The molecule has 0 radical (unpaired) electrons. The first kappa shape index (κ1) is 18.3. The Morgan fingerprint density at radius 3 is 2.75 bits per heavy atom. The van der Waals surface area contributed by atoms with Gasteiger partial charge in [0.05, 0.1) is 5.51 Å². The van der Waals surface area contributed by atoms with Gasteiger partial charge in [0.2, 0.25) is 11.8 Å². The second kappa shape index (κ2) is 7.90. The number of hydrogen-bond donors (Lipinski definition) is 1. The van der Waals surface area contributed by atoms with Crippen LogP contribution in [0.5, 0.6) is 0 Å². The normalized spacial score (nSPS) is 13.3. The Kier molecular flexibility index (Phi) is 5.16. The molecule has 142 valence electrons. The second-order valence-electron chi connectivity index (χ2n) is 6.51. The lowest BCUT2D eigenvalue weighted by Gasteiger charge is -2.29. The molecule has 5 nitrogen and oxygen atoms in total. The number of anilines is 2. The number of benzene rings is 2. The van der Waals surface area contributed by atoms with Gasteiger partial charge in [0.15, 0.2) is 0 Å². The van der Waals surface area contributed by atoms with Crippen LogP contribution in [0.3, 0.4) is 0 Å². The molecule has 1 aromatic heterocycles. The van der Waals surface area contributed by atoms with E-state index in [2.05, 4.69) is 10.3 Å². The van der Waals surface area contributed by atoms with Gasteiger partial charge in [-0.2, -0.15) is 0 Å². The molecule has 1 N–H and O–H groups in total. The second-order valence-corrected chi connectivity index (χ2v) is 7.36. The SMILES string of the molecule is O=C(CCN1C(=O)CCc2ccccc21)Nc1scnc1-c1ccc(F)cc1. The molecule has 0 aliphatic carbocycles. The van der Waals surface area contributed by atoms with Crippen LogP contribution in [0.15, 0.2) is 54.0 Å². The number of fused-ring (bicyclic) bond motifs is 1. The number of carbonyl (C=O) groups excluding carboxylic acids is 2. The molecule has 1 aliphatic rings. The zero-order valence-corrected chi connectivity index (χ0v) is 15.8. The van der Waals surface area contributed by atoms with Gasteiger partial charge in [-0.05, 0) is 42.3 Å². The molecule has 0 unspecified atom stereocenters. The Hall–Kier alpha value is -3.06. The van der Waals surface area contributed by atoms with Gasteiger partial charge in [0, 0.05) is 30.6 Å². The maximum atomic E-state index is 13.1. The van der Waals surface area contributed by atoms with Crippen molar-refractivity contribution >= 4 is 33.8 Å². The minimum absolute atomic E-state index is 0.0382. The third-order valence-electron chi connectivity index (χ3n) is 4.69. The molecule has 2 heterocycles. The molecule has 0 saturated heterocycles. The summed E-state index contributed by atoms with van der Waals surface area (Å²) >= 11 is 1.31. The molecule has 0 saturated carbocycles. The van der Waals surface area contributed by atoms with Gasteiger partial charge in [0.1, 0.15) is 16.5 Å². The fraction of sp³-hybridized carbons (Fsp3) is 0.190. The van der Waals surface area contributed by atoms with Crippen molar-refractivity contribution in [1.29, 1.82) is 0 Å². The van der Waals surface area contributed by atoms with E-state index in [4.69, 9.17) is 0 Å². The summed E-state index contributed by atoms with van der Waals surface area (Å²) in [7, 11) is 0. The summed E-state index contributed by atoms with van der Waals surface area (Å²) in [5.74, 6) is -0.476. The van der Waals surface area contributed by atoms with Crippen molar-refractivity contribution in [2.45, 2.75) is 19.3 Å². The van der Waals surface area contributed by atoms with E-state index in [1.165, 1.54) is 23.5 Å². The summed E-state index contributed by atoms with van der Waals surface area (Å²) in [6.07, 6.45) is 1.38. The predicted molar refractivity (Wildman–Crippen MR) is 108 cm³/mol. The van der Waals surface area contributed by atoms with Crippen molar-refractivity contribution in [3.05, 3.63) is 65.4 Å². The van der Waals surface area contributed by atoms with Gasteiger partial charge in [-0.3, -0.25) is 9.59 Å². The Morgan fingerprint density at radius 1 is 1.14 bits per heavy atom. The smallest absolute Gasteiger partial charge is 0.227 e. The lowest BCUT2D eigenvalue weighted by atomic mass is 10.0. The largest absolute Gasteiger partial charge is 0.316 e. The minimum atomic E-state index is -0.323. The van der Waals surface area contributed by atoms with Crippen LogP contribution >= 0.6 is 11.3 Å². The molecule has 7 heteroatoms. The average Bonchev–Trinajstić information content (AvgIpc) is 3.16. The molecule has 3 aromatic rings. The fourth-order valence-corrected chi connectivity index (χ4v) is 4.01. The van der Waals surface area contributed by atoms with Gasteiger partial charge in [-0.1, -0.05) is 18.2 Å². The average molecular weight is 395 g/mol. The molecule has 0 spiro atoms. The number of rotatable bonds is 5. The molecule has 4 rings (SSSR count). The zero-order valence-electron chi connectivity index (χ0n) is 15.0. The molecule has 2 amide bonds. The Morgan fingerprint density at radius 2 is 1.93 bits per heavy atom. The van der Waals surface area contributed by atoms with Crippen LogP contribution in [0.25, 0.3) is 11.3 Å². The third kappa shape index (κ3) is 3.80. The van der Waals surface area contributed by atoms with Crippen molar-refractivity contribution in [2.24, 2.45) is 0 Å². The number of para-hydroxylation sites is 1. The first-order chi connectivity index (χ1) is 13.6. The lowest BCUT2D eigenvalue weighted by Crippen LogP contribution is -2.37. The summed E-state index contributed by atoms with van der Waals surface area (Å²) in [5.41, 5.74) is 4.99. The molecular formula is C21H18FN3O2S. The van der Waals surface area contributed by atoms with Gasteiger partial charge in [0.25, 0.3) is 0 Å². The maximum absolute atomic E-state index is 13.1. The van der Waals surface area contributed by atoms with E-state index in [1.54, 1.807) is 22.5 Å². The molecular weight excluding hydrogens is 377 g/mol. The van der Waals surface area contributed by atoms with E-state index >= 15 is 0 Å². The predicted octanol–water partition coefficient (Wildman–Crippen LogP) is 4.26. The number of aromatic nitrogens is 1. The summed E-state index contributed by atoms with van der Waals surface area (Å²) in [6.45, 7) is 0.326. The minimum Gasteiger partial charge on any atom is -0.316 e. The van der Waals surface area contributed by atoms with Crippen LogP contribution in [0.1, 0.15) is 18.4 Å². The van der Waals surface area contributed by atoms with E-state index in [0.29, 0.717) is 23.7 Å². The number of hydrogen-bond acceptors (Lipinski definition) is 4. The van der Waals surface area contributed by atoms with E-state index in [1.807, 2.05) is 24.3 Å². The highest BCUT2D eigenvalue weighted by atomic mass is 32.1. The Labute approximate surface area is 165 Å². The van der Waals surface area contributed by atoms with Crippen LogP contribution < -0.4 is 10.2 Å². The summed E-state index contributed by atoms with van der Waals surface area (Å²) in [4.78, 5) is 30.8. The molecule has 0 atom stereocenters. The van der Waals surface area contributed by atoms with E-state index < -0.39 is 0 Å². The summed E-state index contributed by atoms with van der Waals surface area (Å²) < 4.78 is 13.1. The van der Waals surface area contributed by atoms with Crippen LogP contribution in [-0.4, -0.2) is 23.3 Å².